The van der Waals surface area contributed by atoms with Crippen molar-refractivity contribution in [2.75, 3.05) is 60.0 Å². The molecule has 0 radical (unpaired) electrons. The second kappa shape index (κ2) is 16.4. The highest BCUT2D eigenvalue weighted by Crippen LogP contribution is 1.94. The molecular weight excluding hydrogens is 292 g/mol. The number of carbonyl (C=O) groups is 2. The Balaban J connectivity index is 3.20. The molecule has 0 aliphatic rings. The van der Waals surface area contributed by atoms with Crippen molar-refractivity contribution in [1.82, 2.24) is 0 Å². The Hall–Kier alpha value is -1.02. The van der Waals surface area contributed by atoms with E-state index < -0.39 is 5.97 Å². The Labute approximate surface area is 132 Å². The van der Waals surface area contributed by atoms with E-state index in [9.17, 15) is 9.59 Å². The summed E-state index contributed by atoms with van der Waals surface area (Å²) < 4.78 is 25.1. The highest BCUT2D eigenvalue weighted by Gasteiger charge is 2.02. The van der Waals surface area contributed by atoms with Gasteiger partial charge >= 0.3 is 5.97 Å². The number of hydrogen-bond acceptors (Lipinski definition) is 7. The third kappa shape index (κ3) is 15.4. The zero-order valence-electron chi connectivity index (χ0n) is 13.6. The van der Waals surface area contributed by atoms with Crippen molar-refractivity contribution in [3.05, 3.63) is 0 Å². The van der Waals surface area contributed by atoms with Gasteiger partial charge in [0.1, 0.15) is 13.2 Å². The van der Waals surface area contributed by atoms with Gasteiger partial charge in [-0.1, -0.05) is 6.92 Å². The predicted molar refractivity (Wildman–Crippen MR) is 79.8 cm³/mol. The molecule has 0 bridgehead atoms. The first-order chi connectivity index (χ1) is 10.7. The molecule has 0 saturated heterocycles. The van der Waals surface area contributed by atoms with E-state index in [1.54, 1.807) is 0 Å². The van der Waals surface area contributed by atoms with Crippen molar-refractivity contribution < 1.29 is 33.3 Å². The van der Waals surface area contributed by atoms with Crippen LogP contribution in [0.4, 0.5) is 0 Å². The standard InChI is InChI=1S/C15H28O7/c1-3-6-19-8-10-21-12-14(16)5-4-7-20-9-11-22-13-15(17)18-2/h3-13H2,1-2H3. The van der Waals surface area contributed by atoms with Gasteiger partial charge in [-0.3, -0.25) is 4.79 Å². The molecule has 0 aliphatic heterocycles. The number of rotatable bonds is 16. The number of ketones is 1. The van der Waals surface area contributed by atoms with Crippen LogP contribution in [0, 0.1) is 0 Å². The topological polar surface area (TPSA) is 80.3 Å². The second-order valence-electron chi connectivity index (χ2n) is 4.55. The average Bonchev–Trinajstić information content (AvgIpc) is 2.52. The van der Waals surface area contributed by atoms with E-state index in [4.69, 9.17) is 18.9 Å². The molecule has 7 nitrogen and oxygen atoms in total. The van der Waals surface area contributed by atoms with Gasteiger partial charge < -0.3 is 23.7 Å². The van der Waals surface area contributed by atoms with E-state index in [0.29, 0.717) is 45.9 Å². The molecule has 0 saturated carbocycles. The van der Waals surface area contributed by atoms with Crippen molar-refractivity contribution in [3.8, 4) is 0 Å². The number of carbonyl (C=O) groups excluding carboxylic acids is 2. The Kier molecular flexibility index (Phi) is 15.6. The summed E-state index contributed by atoms with van der Waals surface area (Å²) in [5, 5.41) is 0. The van der Waals surface area contributed by atoms with Crippen LogP contribution in [0.25, 0.3) is 0 Å². The van der Waals surface area contributed by atoms with Gasteiger partial charge in [0.2, 0.25) is 0 Å². The van der Waals surface area contributed by atoms with Crippen LogP contribution in [0.5, 0.6) is 0 Å². The lowest BCUT2D eigenvalue weighted by Crippen LogP contribution is -2.15. The SMILES string of the molecule is CCCOCCOCC(=O)CCCOCCOCC(=O)OC. The summed E-state index contributed by atoms with van der Waals surface area (Å²) in [6.07, 6.45) is 2.05. The Bertz CT molecular complexity index is 281. The molecule has 0 aliphatic carbocycles. The van der Waals surface area contributed by atoms with E-state index in [0.717, 1.165) is 13.0 Å². The van der Waals surface area contributed by atoms with Crippen LogP contribution in [-0.4, -0.2) is 71.7 Å². The Morgan fingerprint density at radius 2 is 1.36 bits per heavy atom. The van der Waals surface area contributed by atoms with E-state index >= 15 is 0 Å². The summed E-state index contributed by atoms with van der Waals surface area (Å²) in [7, 11) is 1.31. The molecule has 0 amide bonds. The van der Waals surface area contributed by atoms with Crippen LogP contribution in [0.1, 0.15) is 26.2 Å². The third-order valence-corrected chi connectivity index (χ3v) is 2.55. The van der Waals surface area contributed by atoms with Crippen molar-refractivity contribution in [2.24, 2.45) is 0 Å². The zero-order chi connectivity index (χ0) is 16.5. The van der Waals surface area contributed by atoms with E-state index in [-0.39, 0.29) is 19.0 Å². The van der Waals surface area contributed by atoms with Gasteiger partial charge in [-0.15, -0.1) is 0 Å². The van der Waals surface area contributed by atoms with Crippen molar-refractivity contribution in [3.63, 3.8) is 0 Å². The zero-order valence-corrected chi connectivity index (χ0v) is 13.6. The summed E-state index contributed by atoms with van der Waals surface area (Å²) in [5.41, 5.74) is 0. The molecule has 0 spiro atoms. The third-order valence-electron chi connectivity index (χ3n) is 2.55. The minimum atomic E-state index is -0.411. The molecule has 0 rings (SSSR count). The maximum absolute atomic E-state index is 11.5. The number of methoxy groups -OCH3 is 1. The molecule has 7 heteroatoms. The monoisotopic (exact) mass is 320 g/mol. The first kappa shape index (κ1) is 21.0. The molecule has 0 fully saturated rings. The minimum absolute atomic E-state index is 0.0565. The number of esters is 1. The average molecular weight is 320 g/mol. The lowest BCUT2D eigenvalue weighted by molar-refractivity contribution is -0.146. The van der Waals surface area contributed by atoms with Crippen molar-refractivity contribution >= 4 is 11.8 Å². The molecule has 22 heavy (non-hydrogen) atoms. The summed E-state index contributed by atoms with van der Waals surface area (Å²) in [5.74, 6) is -0.355. The Morgan fingerprint density at radius 3 is 2.00 bits per heavy atom. The van der Waals surface area contributed by atoms with Crippen LogP contribution in [0.3, 0.4) is 0 Å². The van der Waals surface area contributed by atoms with Gasteiger partial charge in [0.05, 0.1) is 33.5 Å². The van der Waals surface area contributed by atoms with Crippen molar-refractivity contribution in [1.29, 1.82) is 0 Å². The summed E-state index contributed by atoms with van der Waals surface area (Å²) in [4.78, 5) is 22.2. The number of hydrogen-bond donors (Lipinski definition) is 0. The van der Waals surface area contributed by atoms with Gasteiger partial charge in [0.15, 0.2) is 5.78 Å². The van der Waals surface area contributed by atoms with Gasteiger partial charge in [-0.2, -0.15) is 0 Å². The first-order valence-corrected chi connectivity index (χ1v) is 7.60. The maximum atomic E-state index is 11.5. The predicted octanol–water partition coefficient (Wildman–Crippen LogP) is 0.985. The van der Waals surface area contributed by atoms with Gasteiger partial charge in [-0.05, 0) is 12.8 Å². The van der Waals surface area contributed by atoms with Gasteiger partial charge in [0.25, 0.3) is 0 Å². The normalized spacial score (nSPS) is 10.6. The van der Waals surface area contributed by atoms with Crippen LogP contribution in [0.2, 0.25) is 0 Å². The molecule has 0 atom stereocenters. The second-order valence-corrected chi connectivity index (χ2v) is 4.55. The van der Waals surface area contributed by atoms with Gasteiger partial charge in [0, 0.05) is 19.6 Å². The number of Topliss-reactive ketones (excluding diaryl/α,β-unsaturated/α-hetero) is 1. The lowest BCUT2D eigenvalue weighted by atomic mass is 10.2. The fourth-order valence-electron chi connectivity index (χ4n) is 1.43. The molecule has 0 aromatic heterocycles. The maximum Gasteiger partial charge on any atom is 0.331 e. The fourth-order valence-corrected chi connectivity index (χ4v) is 1.43. The van der Waals surface area contributed by atoms with Crippen molar-refractivity contribution in [2.45, 2.75) is 26.2 Å². The smallest absolute Gasteiger partial charge is 0.331 e. The molecule has 130 valence electrons. The molecule has 0 unspecified atom stereocenters. The van der Waals surface area contributed by atoms with Crippen LogP contribution in [-0.2, 0) is 33.3 Å². The van der Waals surface area contributed by atoms with Gasteiger partial charge in [-0.25, -0.2) is 4.79 Å². The Morgan fingerprint density at radius 1 is 0.773 bits per heavy atom. The molecule has 0 heterocycles. The first-order valence-electron chi connectivity index (χ1n) is 7.60. The quantitative estimate of drug-likeness (QED) is 0.310. The summed E-state index contributed by atoms with van der Waals surface area (Å²) >= 11 is 0. The summed E-state index contributed by atoms with van der Waals surface area (Å²) in [6, 6.07) is 0. The molecule has 0 N–H and O–H groups in total. The largest absolute Gasteiger partial charge is 0.467 e. The minimum Gasteiger partial charge on any atom is -0.467 e. The summed E-state index contributed by atoms with van der Waals surface area (Å²) in [6.45, 7) is 4.97. The van der Waals surface area contributed by atoms with E-state index in [2.05, 4.69) is 4.74 Å². The van der Waals surface area contributed by atoms with E-state index in [1.165, 1.54) is 7.11 Å². The van der Waals surface area contributed by atoms with Crippen LogP contribution in [0.15, 0.2) is 0 Å². The highest BCUT2D eigenvalue weighted by atomic mass is 16.6. The van der Waals surface area contributed by atoms with E-state index in [1.807, 2.05) is 6.92 Å². The molecule has 0 aromatic rings. The number of ether oxygens (including phenoxy) is 5. The molecule has 0 aromatic carbocycles. The van der Waals surface area contributed by atoms with Crippen LogP contribution >= 0.6 is 0 Å². The molecular formula is C15H28O7. The lowest BCUT2D eigenvalue weighted by Gasteiger charge is -2.06. The highest BCUT2D eigenvalue weighted by molar-refractivity contribution is 5.79. The van der Waals surface area contributed by atoms with Crippen LogP contribution < -0.4 is 0 Å². The fraction of sp³-hybridized carbons (Fsp3) is 0.867.